The van der Waals surface area contributed by atoms with Crippen LogP contribution < -0.4 is 11.1 Å². The van der Waals surface area contributed by atoms with Crippen molar-refractivity contribution >= 4 is 53.0 Å². The Labute approximate surface area is 189 Å². The van der Waals surface area contributed by atoms with Crippen molar-refractivity contribution in [2.45, 2.75) is 13.5 Å². The number of amides is 1. The Hall–Kier alpha value is -2.25. The lowest BCUT2D eigenvalue weighted by Gasteiger charge is -2.26. The van der Waals surface area contributed by atoms with E-state index in [1.807, 2.05) is 25.1 Å². The Morgan fingerprint density at radius 3 is 2.60 bits per heavy atom. The van der Waals surface area contributed by atoms with Crippen LogP contribution in [-0.4, -0.2) is 48.2 Å². The second kappa shape index (κ2) is 10.7. The topological polar surface area (TPSA) is 72.5 Å². The Morgan fingerprint density at radius 1 is 1.07 bits per heavy atom. The normalized spacial score (nSPS) is 14.0. The molecule has 0 radical (unpaired) electrons. The summed E-state index contributed by atoms with van der Waals surface area (Å²) >= 11 is 0. The quantitative estimate of drug-likeness (QED) is 0.576. The smallest absolute Gasteiger partial charge is 0.256 e. The van der Waals surface area contributed by atoms with Gasteiger partial charge in [0.25, 0.3) is 5.91 Å². The predicted molar refractivity (Wildman–Crippen MR) is 127 cm³/mol. The zero-order valence-corrected chi connectivity index (χ0v) is 18.6. The molecule has 0 aliphatic carbocycles. The maximum absolute atomic E-state index is 12.6. The molecule has 1 saturated heterocycles. The first-order valence-corrected chi connectivity index (χ1v) is 9.66. The van der Waals surface area contributed by atoms with Crippen LogP contribution in [0, 0.1) is 6.92 Å². The lowest BCUT2D eigenvalue weighted by Crippen LogP contribution is -2.38. The van der Waals surface area contributed by atoms with Gasteiger partial charge in [0.05, 0.1) is 13.2 Å². The number of carbonyl (C=O) groups is 1. The van der Waals surface area contributed by atoms with E-state index in [1.54, 1.807) is 12.1 Å². The van der Waals surface area contributed by atoms with Crippen molar-refractivity contribution in [1.29, 1.82) is 0 Å². The number of rotatable bonds is 5. The molecule has 3 N–H and O–H groups in total. The maximum Gasteiger partial charge on any atom is 0.256 e. The summed E-state index contributed by atoms with van der Waals surface area (Å²) < 4.78 is 7.67. The molecule has 0 saturated carbocycles. The number of nitrogens with zero attached hydrogens (tertiary/aromatic N) is 2. The van der Waals surface area contributed by atoms with Crippen molar-refractivity contribution in [2.75, 3.05) is 43.9 Å². The molecule has 0 spiro atoms. The number of hydrogen-bond donors (Lipinski definition) is 2. The fourth-order valence-electron chi connectivity index (χ4n) is 3.63. The van der Waals surface area contributed by atoms with Crippen LogP contribution in [0.4, 0.5) is 11.4 Å². The van der Waals surface area contributed by atoms with Gasteiger partial charge in [0, 0.05) is 60.2 Å². The Balaban J connectivity index is 0.00000160. The summed E-state index contributed by atoms with van der Waals surface area (Å²) in [6.45, 7) is 7.51. The van der Waals surface area contributed by atoms with Crippen LogP contribution in [0.1, 0.15) is 15.9 Å². The Bertz CT molecular complexity index is 1000. The number of nitrogens with two attached hydrogens (primary N) is 1. The number of nitrogens with one attached hydrogen (secondary N) is 1. The number of morpholine rings is 1. The molecule has 1 aliphatic heterocycles. The van der Waals surface area contributed by atoms with Gasteiger partial charge in [-0.2, -0.15) is 0 Å². The Morgan fingerprint density at radius 2 is 1.83 bits per heavy atom. The first kappa shape index (κ1) is 24.0. The van der Waals surface area contributed by atoms with E-state index < -0.39 is 0 Å². The van der Waals surface area contributed by atoms with Gasteiger partial charge in [-0.25, -0.2) is 0 Å². The summed E-state index contributed by atoms with van der Waals surface area (Å²) in [6.07, 6.45) is 2.11. The third-order valence-corrected chi connectivity index (χ3v) is 5.30. The minimum absolute atomic E-state index is 0. The highest BCUT2D eigenvalue weighted by Crippen LogP contribution is 2.22. The van der Waals surface area contributed by atoms with Gasteiger partial charge in [-0.3, -0.25) is 9.69 Å². The fourth-order valence-corrected chi connectivity index (χ4v) is 3.63. The standard InChI is InChI=1S/C22H26N4O2.2ClH/c1-16-2-3-18(23)15-20(16)22(27)24-19-4-5-21-17(14-19)6-7-26(21)9-8-25-10-12-28-13-11-25;;/h2-7,14-15H,8-13,23H2,1H3,(H,24,27);2*1H. The van der Waals surface area contributed by atoms with E-state index in [0.29, 0.717) is 11.3 Å². The highest BCUT2D eigenvalue weighted by atomic mass is 35.5. The number of benzene rings is 2. The third-order valence-electron chi connectivity index (χ3n) is 5.30. The first-order valence-electron chi connectivity index (χ1n) is 9.66. The van der Waals surface area contributed by atoms with Crippen molar-refractivity contribution in [3.63, 3.8) is 0 Å². The molecule has 3 aromatic rings. The molecule has 1 aliphatic rings. The van der Waals surface area contributed by atoms with Gasteiger partial charge in [0.15, 0.2) is 0 Å². The van der Waals surface area contributed by atoms with Crippen molar-refractivity contribution in [2.24, 2.45) is 0 Å². The van der Waals surface area contributed by atoms with Crippen molar-refractivity contribution < 1.29 is 9.53 Å². The van der Waals surface area contributed by atoms with Gasteiger partial charge in [0.2, 0.25) is 0 Å². The second-order valence-corrected chi connectivity index (χ2v) is 7.27. The van der Waals surface area contributed by atoms with Crippen LogP contribution in [0.3, 0.4) is 0 Å². The lowest BCUT2D eigenvalue weighted by atomic mass is 10.1. The van der Waals surface area contributed by atoms with E-state index in [2.05, 4.69) is 33.1 Å². The highest BCUT2D eigenvalue weighted by Gasteiger charge is 2.12. The molecule has 30 heavy (non-hydrogen) atoms. The highest BCUT2D eigenvalue weighted by molar-refractivity contribution is 6.06. The van der Waals surface area contributed by atoms with Crippen LogP contribution in [0.5, 0.6) is 0 Å². The van der Waals surface area contributed by atoms with Gasteiger partial charge in [-0.1, -0.05) is 6.07 Å². The van der Waals surface area contributed by atoms with Gasteiger partial charge in [-0.05, 0) is 48.9 Å². The van der Waals surface area contributed by atoms with E-state index in [9.17, 15) is 4.79 Å². The summed E-state index contributed by atoms with van der Waals surface area (Å²) in [5.41, 5.74) is 9.87. The van der Waals surface area contributed by atoms with Gasteiger partial charge in [0.1, 0.15) is 0 Å². The summed E-state index contributed by atoms with van der Waals surface area (Å²) in [4.78, 5) is 15.0. The second-order valence-electron chi connectivity index (χ2n) is 7.27. The Kier molecular flexibility index (Phi) is 8.55. The molecule has 4 rings (SSSR count). The SMILES string of the molecule is Cc1ccc(N)cc1C(=O)Nc1ccc2c(ccn2CCN2CCOCC2)c1.Cl.Cl. The van der Waals surface area contributed by atoms with E-state index in [-0.39, 0.29) is 30.7 Å². The van der Waals surface area contributed by atoms with Gasteiger partial charge in [-0.15, -0.1) is 24.8 Å². The number of carbonyl (C=O) groups excluding carboxylic acids is 1. The molecule has 1 fully saturated rings. The summed E-state index contributed by atoms with van der Waals surface area (Å²) in [5.74, 6) is -0.143. The average Bonchev–Trinajstić information content (AvgIpc) is 3.11. The molecule has 2 aromatic carbocycles. The average molecular weight is 451 g/mol. The molecule has 1 amide bonds. The van der Waals surface area contributed by atoms with Crippen molar-refractivity contribution in [1.82, 2.24) is 9.47 Å². The first-order chi connectivity index (χ1) is 13.6. The molecule has 0 unspecified atom stereocenters. The number of nitrogen functional groups attached to an aromatic ring is 1. The lowest BCUT2D eigenvalue weighted by molar-refractivity contribution is 0.0365. The molecule has 1 aromatic heterocycles. The molecule has 6 nitrogen and oxygen atoms in total. The van der Waals surface area contributed by atoms with Crippen molar-refractivity contribution in [3.05, 3.63) is 59.8 Å². The monoisotopic (exact) mass is 450 g/mol. The van der Waals surface area contributed by atoms with E-state index in [1.165, 1.54) is 5.52 Å². The van der Waals surface area contributed by atoms with E-state index >= 15 is 0 Å². The molecule has 8 heteroatoms. The van der Waals surface area contributed by atoms with Crippen LogP contribution in [0.25, 0.3) is 10.9 Å². The summed E-state index contributed by atoms with van der Waals surface area (Å²) in [5, 5.41) is 4.10. The number of ether oxygens (including phenoxy) is 1. The molecule has 162 valence electrons. The summed E-state index contributed by atoms with van der Waals surface area (Å²) in [7, 11) is 0. The molecular weight excluding hydrogens is 423 g/mol. The third kappa shape index (κ3) is 5.46. The van der Waals surface area contributed by atoms with Gasteiger partial charge >= 0.3 is 0 Å². The number of hydrogen-bond acceptors (Lipinski definition) is 4. The molecule has 0 bridgehead atoms. The van der Waals surface area contributed by atoms with E-state index in [4.69, 9.17) is 10.5 Å². The molecular formula is C22H28Cl2N4O2. The number of aromatic nitrogens is 1. The fraction of sp³-hybridized carbons (Fsp3) is 0.318. The van der Waals surface area contributed by atoms with Crippen LogP contribution in [0.2, 0.25) is 0 Å². The predicted octanol–water partition coefficient (Wildman–Crippen LogP) is 3.96. The zero-order valence-electron chi connectivity index (χ0n) is 17.0. The van der Waals surface area contributed by atoms with Crippen molar-refractivity contribution in [3.8, 4) is 0 Å². The molecule has 2 heterocycles. The van der Waals surface area contributed by atoms with Crippen LogP contribution in [0.15, 0.2) is 48.7 Å². The van der Waals surface area contributed by atoms with Crippen LogP contribution in [-0.2, 0) is 11.3 Å². The zero-order chi connectivity index (χ0) is 19.5. The molecule has 0 atom stereocenters. The minimum Gasteiger partial charge on any atom is -0.399 e. The minimum atomic E-state index is -0.143. The number of halogens is 2. The van der Waals surface area contributed by atoms with E-state index in [0.717, 1.165) is 56.0 Å². The summed E-state index contributed by atoms with van der Waals surface area (Å²) in [6, 6.07) is 13.5. The number of aryl methyl sites for hydroxylation is 1. The maximum atomic E-state index is 12.6. The van der Waals surface area contributed by atoms with Crippen LogP contribution >= 0.6 is 24.8 Å². The number of fused-ring (bicyclic) bond motifs is 1. The number of anilines is 2. The van der Waals surface area contributed by atoms with Gasteiger partial charge < -0.3 is 20.4 Å². The largest absolute Gasteiger partial charge is 0.399 e.